The lowest BCUT2D eigenvalue weighted by Crippen LogP contribution is -2.14. The van der Waals surface area contributed by atoms with E-state index in [1.165, 1.54) is 0 Å². The van der Waals surface area contributed by atoms with Crippen molar-refractivity contribution in [1.82, 2.24) is 0 Å². The summed E-state index contributed by atoms with van der Waals surface area (Å²) in [5.74, 6) is -0.135. The highest BCUT2D eigenvalue weighted by molar-refractivity contribution is 5.90. The fourth-order valence-corrected chi connectivity index (χ4v) is 1.22. The highest BCUT2D eigenvalue weighted by atomic mass is 16.5. The van der Waals surface area contributed by atoms with Gasteiger partial charge in [-0.3, -0.25) is 4.79 Å². The van der Waals surface area contributed by atoms with Crippen molar-refractivity contribution in [1.29, 1.82) is 5.26 Å². The van der Waals surface area contributed by atoms with Crippen LogP contribution in [0.2, 0.25) is 0 Å². The highest BCUT2D eigenvalue weighted by Crippen LogP contribution is 2.09. The van der Waals surface area contributed by atoms with Crippen LogP contribution in [0.15, 0.2) is 36.9 Å². The van der Waals surface area contributed by atoms with Crippen LogP contribution in [0.1, 0.15) is 12.0 Å². The second kappa shape index (κ2) is 7.20. The van der Waals surface area contributed by atoms with Gasteiger partial charge in [-0.15, -0.1) is 6.58 Å². The maximum absolute atomic E-state index is 11.5. The molecule has 0 aliphatic carbocycles. The van der Waals surface area contributed by atoms with Gasteiger partial charge in [-0.05, 0) is 18.2 Å². The van der Waals surface area contributed by atoms with Crippen LogP contribution in [0, 0.1) is 11.3 Å². The van der Waals surface area contributed by atoms with Crippen LogP contribution in [-0.4, -0.2) is 19.1 Å². The number of benzene rings is 1. The Morgan fingerprint density at radius 2 is 2.41 bits per heavy atom. The number of amides is 1. The van der Waals surface area contributed by atoms with Gasteiger partial charge in [-0.25, -0.2) is 0 Å². The molecule has 0 saturated carbocycles. The first kappa shape index (κ1) is 12.9. The maximum atomic E-state index is 11.5. The van der Waals surface area contributed by atoms with Gasteiger partial charge in [0.2, 0.25) is 5.91 Å². The van der Waals surface area contributed by atoms with Crippen molar-refractivity contribution in [2.75, 3.05) is 18.5 Å². The molecule has 0 spiro atoms. The van der Waals surface area contributed by atoms with Gasteiger partial charge in [-0.2, -0.15) is 5.26 Å². The van der Waals surface area contributed by atoms with Crippen LogP contribution in [-0.2, 0) is 9.53 Å². The molecule has 0 bridgehead atoms. The zero-order valence-corrected chi connectivity index (χ0v) is 9.48. The van der Waals surface area contributed by atoms with Gasteiger partial charge in [0.15, 0.2) is 0 Å². The van der Waals surface area contributed by atoms with E-state index in [2.05, 4.69) is 11.9 Å². The van der Waals surface area contributed by atoms with Gasteiger partial charge in [0.1, 0.15) is 0 Å². The van der Waals surface area contributed by atoms with Crippen molar-refractivity contribution in [3.63, 3.8) is 0 Å². The number of nitrogens with zero attached hydrogens (tertiary/aromatic N) is 1. The van der Waals surface area contributed by atoms with Gasteiger partial charge < -0.3 is 10.1 Å². The SMILES string of the molecule is C=CCOCCC(=O)Nc1cccc(C#N)c1. The third-order valence-corrected chi connectivity index (χ3v) is 1.98. The zero-order chi connectivity index (χ0) is 12.5. The molecule has 4 nitrogen and oxygen atoms in total. The smallest absolute Gasteiger partial charge is 0.226 e. The van der Waals surface area contributed by atoms with Crippen LogP contribution in [0.4, 0.5) is 5.69 Å². The quantitative estimate of drug-likeness (QED) is 0.601. The molecular weight excluding hydrogens is 216 g/mol. The lowest BCUT2D eigenvalue weighted by atomic mass is 10.2. The lowest BCUT2D eigenvalue weighted by molar-refractivity contribution is -0.117. The van der Waals surface area contributed by atoms with Crippen molar-refractivity contribution >= 4 is 11.6 Å². The van der Waals surface area contributed by atoms with E-state index in [1.54, 1.807) is 30.3 Å². The van der Waals surface area contributed by atoms with Crippen LogP contribution in [0.5, 0.6) is 0 Å². The van der Waals surface area contributed by atoms with Gasteiger partial charge in [0, 0.05) is 5.69 Å². The summed E-state index contributed by atoms with van der Waals surface area (Å²) < 4.78 is 5.10. The predicted octanol–water partition coefficient (Wildman–Crippen LogP) is 2.09. The Morgan fingerprint density at radius 1 is 1.59 bits per heavy atom. The molecule has 0 radical (unpaired) electrons. The van der Waals surface area contributed by atoms with E-state index >= 15 is 0 Å². The third kappa shape index (κ3) is 4.96. The fraction of sp³-hybridized carbons (Fsp3) is 0.231. The summed E-state index contributed by atoms with van der Waals surface area (Å²) in [6.07, 6.45) is 1.92. The molecular formula is C13H14N2O2. The van der Waals surface area contributed by atoms with Crippen molar-refractivity contribution in [3.8, 4) is 6.07 Å². The van der Waals surface area contributed by atoms with E-state index in [-0.39, 0.29) is 12.3 Å². The number of ether oxygens (including phenoxy) is 1. The minimum Gasteiger partial charge on any atom is -0.377 e. The number of hydrogen-bond donors (Lipinski definition) is 1. The Kier molecular flexibility index (Phi) is 5.49. The number of nitriles is 1. The minimum absolute atomic E-state index is 0.135. The zero-order valence-electron chi connectivity index (χ0n) is 9.48. The summed E-state index contributed by atoms with van der Waals surface area (Å²) in [6, 6.07) is 8.79. The average Bonchev–Trinajstić information content (AvgIpc) is 2.35. The van der Waals surface area contributed by atoms with Crippen molar-refractivity contribution < 1.29 is 9.53 Å². The van der Waals surface area contributed by atoms with Crippen LogP contribution < -0.4 is 5.32 Å². The van der Waals surface area contributed by atoms with E-state index in [0.29, 0.717) is 24.5 Å². The second-order valence-electron chi connectivity index (χ2n) is 3.35. The molecule has 1 amide bonds. The van der Waals surface area contributed by atoms with Gasteiger partial charge >= 0.3 is 0 Å². The van der Waals surface area contributed by atoms with Crippen molar-refractivity contribution in [3.05, 3.63) is 42.5 Å². The molecule has 1 aromatic carbocycles. The molecule has 0 heterocycles. The third-order valence-electron chi connectivity index (χ3n) is 1.98. The summed E-state index contributed by atoms with van der Waals surface area (Å²) in [7, 11) is 0. The maximum Gasteiger partial charge on any atom is 0.226 e. The largest absolute Gasteiger partial charge is 0.377 e. The molecule has 0 aromatic heterocycles. The summed E-state index contributed by atoms with van der Waals surface area (Å²) in [4.78, 5) is 11.5. The van der Waals surface area contributed by atoms with E-state index in [9.17, 15) is 4.79 Å². The summed E-state index contributed by atoms with van der Waals surface area (Å²) in [5.41, 5.74) is 1.14. The monoisotopic (exact) mass is 230 g/mol. The molecule has 0 unspecified atom stereocenters. The Bertz CT molecular complexity index is 435. The minimum atomic E-state index is -0.135. The molecule has 1 aromatic rings. The average molecular weight is 230 g/mol. The molecule has 0 fully saturated rings. The molecule has 0 aliphatic rings. The predicted molar refractivity (Wildman–Crippen MR) is 65.4 cm³/mol. The van der Waals surface area contributed by atoms with E-state index in [1.807, 2.05) is 6.07 Å². The molecule has 0 atom stereocenters. The molecule has 88 valence electrons. The molecule has 1 rings (SSSR count). The number of nitrogens with one attached hydrogen (secondary N) is 1. The molecule has 1 N–H and O–H groups in total. The lowest BCUT2D eigenvalue weighted by Gasteiger charge is -2.05. The Morgan fingerprint density at radius 3 is 3.12 bits per heavy atom. The van der Waals surface area contributed by atoms with E-state index < -0.39 is 0 Å². The number of anilines is 1. The van der Waals surface area contributed by atoms with Gasteiger partial charge in [0.25, 0.3) is 0 Å². The normalized spacial score (nSPS) is 9.35. The van der Waals surface area contributed by atoms with Crippen LogP contribution in [0.3, 0.4) is 0 Å². The van der Waals surface area contributed by atoms with Gasteiger partial charge in [0.05, 0.1) is 31.3 Å². The van der Waals surface area contributed by atoms with E-state index in [4.69, 9.17) is 10.00 Å². The number of rotatable bonds is 6. The molecule has 17 heavy (non-hydrogen) atoms. The Balaban J connectivity index is 2.40. The molecule has 0 aliphatic heterocycles. The summed E-state index contributed by atoms with van der Waals surface area (Å²) >= 11 is 0. The van der Waals surface area contributed by atoms with Crippen molar-refractivity contribution in [2.24, 2.45) is 0 Å². The Labute approximate surface area is 101 Å². The first-order valence-electron chi connectivity index (χ1n) is 5.25. The van der Waals surface area contributed by atoms with Gasteiger partial charge in [-0.1, -0.05) is 12.1 Å². The first-order chi connectivity index (χ1) is 8.26. The Hall–Kier alpha value is -2.12. The van der Waals surface area contributed by atoms with Crippen molar-refractivity contribution in [2.45, 2.75) is 6.42 Å². The van der Waals surface area contributed by atoms with Crippen LogP contribution in [0.25, 0.3) is 0 Å². The van der Waals surface area contributed by atoms with E-state index in [0.717, 1.165) is 0 Å². The summed E-state index contributed by atoms with van der Waals surface area (Å²) in [6.45, 7) is 4.31. The standard InChI is InChI=1S/C13H14N2O2/c1-2-7-17-8-6-13(16)15-12-5-3-4-11(9-12)10-14/h2-5,9H,1,6-8H2,(H,15,16). The molecule has 4 heteroatoms. The first-order valence-corrected chi connectivity index (χ1v) is 5.25. The topological polar surface area (TPSA) is 62.1 Å². The summed E-state index contributed by atoms with van der Waals surface area (Å²) in [5, 5.41) is 11.4. The number of carbonyl (C=O) groups is 1. The number of carbonyl (C=O) groups excluding carboxylic acids is 1. The molecule has 0 saturated heterocycles. The highest BCUT2D eigenvalue weighted by Gasteiger charge is 2.02. The fourth-order valence-electron chi connectivity index (χ4n) is 1.22. The van der Waals surface area contributed by atoms with Crippen LogP contribution >= 0.6 is 0 Å². The number of hydrogen-bond acceptors (Lipinski definition) is 3. The second-order valence-corrected chi connectivity index (χ2v) is 3.35.